The van der Waals surface area contributed by atoms with Gasteiger partial charge in [0.1, 0.15) is 0 Å². The van der Waals surface area contributed by atoms with Gasteiger partial charge in [-0.3, -0.25) is 4.79 Å². The summed E-state index contributed by atoms with van der Waals surface area (Å²) >= 11 is 0. The molecule has 0 saturated heterocycles. The van der Waals surface area contributed by atoms with E-state index < -0.39 is 38.9 Å². The van der Waals surface area contributed by atoms with Gasteiger partial charge in [0, 0.05) is 19.3 Å². The standard InChI is InChI=1S/C12H17N3O5S/c1-3-15(7-11(16)14-2)21(19,20)10-5-4-8(13)6-9(10)12(17)18/h4-6H,3,7,13H2,1-2H3,(H,14,16)(H,17,18). The van der Waals surface area contributed by atoms with Crippen molar-refractivity contribution in [1.82, 2.24) is 9.62 Å². The lowest BCUT2D eigenvalue weighted by Crippen LogP contribution is -2.39. The number of anilines is 1. The number of amides is 1. The second-order valence-corrected chi connectivity index (χ2v) is 6.07. The first-order chi connectivity index (χ1) is 9.73. The number of nitrogens with zero attached hydrogens (tertiary/aromatic N) is 1. The molecule has 0 aromatic heterocycles. The summed E-state index contributed by atoms with van der Waals surface area (Å²) in [5.41, 5.74) is 5.20. The third-order valence-corrected chi connectivity index (χ3v) is 4.78. The first-order valence-electron chi connectivity index (χ1n) is 6.07. The number of nitrogen functional groups attached to an aromatic ring is 1. The van der Waals surface area contributed by atoms with Crippen LogP contribution in [0.4, 0.5) is 5.69 Å². The number of benzene rings is 1. The number of nitrogens with two attached hydrogens (primary N) is 1. The van der Waals surface area contributed by atoms with Gasteiger partial charge in [0.05, 0.1) is 17.0 Å². The molecule has 0 fully saturated rings. The predicted molar refractivity (Wildman–Crippen MR) is 76.3 cm³/mol. The Labute approximate surface area is 122 Å². The molecule has 1 rings (SSSR count). The lowest BCUT2D eigenvalue weighted by atomic mass is 10.2. The number of carbonyl (C=O) groups excluding carboxylic acids is 1. The van der Waals surface area contributed by atoms with Crippen LogP contribution in [0.15, 0.2) is 23.1 Å². The summed E-state index contributed by atoms with van der Waals surface area (Å²) in [4.78, 5) is 22.2. The van der Waals surface area contributed by atoms with Gasteiger partial charge < -0.3 is 16.2 Å². The normalized spacial score (nSPS) is 11.4. The van der Waals surface area contributed by atoms with Gasteiger partial charge in [-0.05, 0) is 18.2 Å². The van der Waals surface area contributed by atoms with Gasteiger partial charge in [0.2, 0.25) is 15.9 Å². The number of sulfonamides is 1. The zero-order valence-electron chi connectivity index (χ0n) is 11.7. The summed E-state index contributed by atoms with van der Waals surface area (Å²) in [6, 6.07) is 3.50. The molecule has 116 valence electrons. The minimum atomic E-state index is -4.11. The minimum Gasteiger partial charge on any atom is -0.478 e. The summed E-state index contributed by atoms with van der Waals surface area (Å²) in [7, 11) is -2.73. The molecule has 0 bridgehead atoms. The summed E-state index contributed by atoms with van der Waals surface area (Å²) in [5.74, 6) is -1.90. The van der Waals surface area contributed by atoms with Crippen molar-refractivity contribution in [3.63, 3.8) is 0 Å². The molecule has 0 aliphatic rings. The van der Waals surface area contributed by atoms with Gasteiger partial charge in [-0.15, -0.1) is 0 Å². The summed E-state index contributed by atoms with van der Waals surface area (Å²) in [5, 5.41) is 11.4. The molecule has 0 atom stereocenters. The fraction of sp³-hybridized carbons (Fsp3) is 0.333. The van der Waals surface area contributed by atoms with Crippen LogP contribution in [0.25, 0.3) is 0 Å². The van der Waals surface area contributed by atoms with Crippen LogP contribution in [0.3, 0.4) is 0 Å². The number of likely N-dealkylation sites (N-methyl/N-ethyl adjacent to an activating group) is 2. The van der Waals surface area contributed by atoms with Crippen LogP contribution in [-0.4, -0.2) is 49.8 Å². The molecule has 21 heavy (non-hydrogen) atoms. The Morgan fingerprint density at radius 2 is 2.00 bits per heavy atom. The SMILES string of the molecule is CCN(CC(=O)NC)S(=O)(=O)c1ccc(N)cc1C(=O)O. The van der Waals surface area contributed by atoms with Crippen LogP contribution < -0.4 is 11.1 Å². The molecule has 0 aliphatic carbocycles. The number of carbonyl (C=O) groups is 2. The maximum absolute atomic E-state index is 12.5. The number of carboxylic acid groups (broad SMARTS) is 1. The maximum Gasteiger partial charge on any atom is 0.337 e. The number of aromatic carboxylic acids is 1. The molecular weight excluding hydrogens is 298 g/mol. The molecule has 9 heteroatoms. The van der Waals surface area contributed by atoms with E-state index in [1.807, 2.05) is 0 Å². The summed E-state index contributed by atoms with van der Waals surface area (Å²) in [6.07, 6.45) is 0. The highest BCUT2D eigenvalue weighted by molar-refractivity contribution is 7.89. The van der Waals surface area contributed by atoms with Crippen LogP contribution in [-0.2, 0) is 14.8 Å². The predicted octanol–water partition coefficient (Wildman–Crippen LogP) is -0.276. The highest BCUT2D eigenvalue weighted by atomic mass is 32.2. The van der Waals surface area contributed by atoms with E-state index in [0.29, 0.717) is 0 Å². The lowest BCUT2D eigenvalue weighted by Gasteiger charge is -2.20. The van der Waals surface area contributed by atoms with E-state index in [1.165, 1.54) is 13.1 Å². The van der Waals surface area contributed by atoms with Gasteiger partial charge in [0.15, 0.2) is 0 Å². The Hall–Kier alpha value is -2.13. The maximum atomic E-state index is 12.5. The van der Waals surface area contributed by atoms with Crippen molar-refractivity contribution < 1.29 is 23.1 Å². The van der Waals surface area contributed by atoms with Crippen LogP contribution in [0, 0.1) is 0 Å². The molecule has 8 nitrogen and oxygen atoms in total. The van der Waals surface area contributed by atoms with Crippen molar-refractivity contribution in [2.24, 2.45) is 0 Å². The Morgan fingerprint density at radius 3 is 2.48 bits per heavy atom. The fourth-order valence-corrected chi connectivity index (χ4v) is 3.25. The van der Waals surface area contributed by atoms with Crippen LogP contribution >= 0.6 is 0 Å². The first kappa shape index (κ1) is 16.9. The fourth-order valence-electron chi connectivity index (χ4n) is 1.68. The topological polar surface area (TPSA) is 130 Å². The molecule has 0 spiro atoms. The third kappa shape index (κ3) is 3.70. The summed E-state index contributed by atoms with van der Waals surface area (Å²) in [6.45, 7) is 1.19. The molecular formula is C12H17N3O5S. The van der Waals surface area contributed by atoms with Crippen molar-refractivity contribution in [1.29, 1.82) is 0 Å². The van der Waals surface area contributed by atoms with Crippen molar-refractivity contribution in [2.75, 3.05) is 25.9 Å². The van der Waals surface area contributed by atoms with Gasteiger partial charge in [0.25, 0.3) is 0 Å². The molecule has 0 saturated carbocycles. The molecule has 1 aromatic rings. The largest absolute Gasteiger partial charge is 0.478 e. The van der Waals surface area contributed by atoms with Crippen molar-refractivity contribution in [2.45, 2.75) is 11.8 Å². The summed E-state index contributed by atoms with van der Waals surface area (Å²) < 4.78 is 25.9. The van der Waals surface area contributed by atoms with Crippen LogP contribution in [0.2, 0.25) is 0 Å². The van der Waals surface area contributed by atoms with E-state index in [2.05, 4.69) is 5.32 Å². The van der Waals surface area contributed by atoms with E-state index in [0.717, 1.165) is 16.4 Å². The highest BCUT2D eigenvalue weighted by Crippen LogP contribution is 2.22. The zero-order valence-corrected chi connectivity index (χ0v) is 12.5. The quantitative estimate of drug-likeness (QED) is 0.619. The highest BCUT2D eigenvalue weighted by Gasteiger charge is 2.29. The van der Waals surface area contributed by atoms with E-state index in [4.69, 9.17) is 10.8 Å². The van der Waals surface area contributed by atoms with Gasteiger partial charge in [-0.25, -0.2) is 13.2 Å². The monoisotopic (exact) mass is 315 g/mol. The van der Waals surface area contributed by atoms with Crippen LogP contribution in [0.1, 0.15) is 17.3 Å². The Balaban J connectivity index is 3.35. The van der Waals surface area contributed by atoms with E-state index >= 15 is 0 Å². The molecule has 4 N–H and O–H groups in total. The van der Waals surface area contributed by atoms with Crippen LogP contribution in [0.5, 0.6) is 0 Å². The molecule has 0 aliphatic heterocycles. The lowest BCUT2D eigenvalue weighted by molar-refractivity contribution is -0.120. The molecule has 0 heterocycles. The third-order valence-electron chi connectivity index (χ3n) is 2.80. The molecule has 0 radical (unpaired) electrons. The molecule has 1 amide bonds. The molecule has 0 unspecified atom stereocenters. The number of hydrogen-bond donors (Lipinski definition) is 3. The van der Waals surface area contributed by atoms with Gasteiger partial charge in [-0.2, -0.15) is 4.31 Å². The van der Waals surface area contributed by atoms with E-state index in [9.17, 15) is 18.0 Å². The Kier molecular flexibility index (Phi) is 5.28. The average Bonchev–Trinajstić information content (AvgIpc) is 2.43. The number of rotatable bonds is 6. The first-order valence-corrected chi connectivity index (χ1v) is 7.51. The smallest absolute Gasteiger partial charge is 0.337 e. The zero-order chi connectivity index (χ0) is 16.2. The average molecular weight is 315 g/mol. The number of carboxylic acids is 1. The number of hydrogen-bond acceptors (Lipinski definition) is 5. The minimum absolute atomic E-state index is 0.0270. The molecule has 1 aromatic carbocycles. The van der Waals surface area contributed by atoms with Crippen molar-refractivity contribution in [3.05, 3.63) is 23.8 Å². The van der Waals surface area contributed by atoms with E-state index in [1.54, 1.807) is 6.92 Å². The van der Waals surface area contributed by atoms with Crippen molar-refractivity contribution >= 4 is 27.6 Å². The van der Waals surface area contributed by atoms with Crippen molar-refractivity contribution in [3.8, 4) is 0 Å². The number of nitrogens with one attached hydrogen (secondary N) is 1. The second-order valence-electron chi connectivity index (χ2n) is 4.17. The van der Waals surface area contributed by atoms with E-state index in [-0.39, 0.29) is 12.2 Å². The second kappa shape index (κ2) is 6.55. The van der Waals surface area contributed by atoms with Gasteiger partial charge in [-0.1, -0.05) is 6.92 Å². The Morgan fingerprint density at radius 1 is 1.38 bits per heavy atom. The Bertz CT molecular complexity index is 657. The van der Waals surface area contributed by atoms with Gasteiger partial charge >= 0.3 is 5.97 Å².